The van der Waals surface area contributed by atoms with Gasteiger partial charge in [-0.25, -0.2) is 4.57 Å². The van der Waals surface area contributed by atoms with Crippen molar-refractivity contribution in [2.45, 2.75) is 206 Å². The Kier molecular flexibility index (Phi) is 35.0. The van der Waals surface area contributed by atoms with Crippen molar-refractivity contribution >= 4 is 25.7 Å². The van der Waals surface area contributed by atoms with E-state index < -0.39 is 51.1 Å². The molecule has 3 atom stereocenters. The second-order valence-electron chi connectivity index (χ2n) is 14.1. The summed E-state index contributed by atoms with van der Waals surface area (Å²) in [5, 5.41) is 8.86. The highest BCUT2D eigenvalue weighted by molar-refractivity contribution is 7.47. The molecule has 12 heteroatoms. The zero-order chi connectivity index (χ0) is 38.5. The lowest BCUT2D eigenvalue weighted by molar-refractivity contribution is -0.161. The molecule has 11 nitrogen and oxygen atoms in total. The molecule has 0 aliphatic carbocycles. The first-order chi connectivity index (χ1) is 25.1. The van der Waals surface area contributed by atoms with E-state index in [2.05, 4.69) is 30.5 Å². The molecule has 0 aromatic carbocycles. The fraction of sp³-hybridized carbons (Fsp3) is 0.875. The first-order valence-electron chi connectivity index (χ1n) is 20.7. The van der Waals surface area contributed by atoms with Crippen LogP contribution in [0.3, 0.4) is 0 Å². The molecule has 306 valence electrons. The van der Waals surface area contributed by atoms with Gasteiger partial charge in [-0.2, -0.15) is 0 Å². The summed E-state index contributed by atoms with van der Waals surface area (Å²) >= 11 is 0. The average Bonchev–Trinajstić information content (AvgIpc) is 3.12. The van der Waals surface area contributed by atoms with Gasteiger partial charge >= 0.3 is 25.7 Å². The third kappa shape index (κ3) is 35.3. The zero-order valence-corrected chi connectivity index (χ0v) is 33.8. The van der Waals surface area contributed by atoms with Crippen molar-refractivity contribution in [2.75, 3.05) is 19.8 Å². The molecule has 0 saturated carbocycles. The molecule has 0 radical (unpaired) electrons. The Labute approximate surface area is 316 Å². The van der Waals surface area contributed by atoms with Crippen molar-refractivity contribution < 1.29 is 47.5 Å². The van der Waals surface area contributed by atoms with Gasteiger partial charge in [0, 0.05) is 12.8 Å². The van der Waals surface area contributed by atoms with Crippen LogP contribution in [0.25, 0.3) is 0 Å². The van der Waals surface area contributed by atoms with Gasteiger partial charge in [0.25, 0.3) is 0 Å². The number of rotatable bonds is 39. The number of unbranched alkanes of at least 4 members (excludes halogenated alkanes) is 23. The molecule has 0 aromatic heterocycles. The number of carbonyl (C=O) groups is 3. The Morgan fingerprint density at radius 2 is 0.962 bits per heavy atom. The molecule has 0 bridgehead atoms. The van der Waals surface area contributed by atoms with Crippen LogP contribution in [-0.2, 0) is 37.5 Å². The van der Waals surface area contributed by atoms with E-state index in [4.69, 9.17) is 24.8 Å². The number of aliphatic carboxylic acids is 1. The van der Waals surface area contributed by atoms with Crippen molar-refractivity contribution in [1.29, 1.82) is 0 Å². The highest BCUT2D eigenvalue weighted by Crippen LogP contribution is 2.43. The standard InChI is InChI=1S/C40H76NO10P/c1-3-5-7-9-11-13-14-15-16-17-18-19-20-21-22-24-26-28-30-32-39(43)51-36(34-49-52(46,47)50-35-37(41)40(44)45)33-48-38(42)31-29-27-25-23-12-10-8-6-4-2/h17-18,36-37H,3-16,19-35,41H2,1-2H3,(H,44,45)(H,46,47)/b18-17-/t36-,37+/m1/s1. The Hall–Kier alpha value is -1.78. The molecule has 52 heavy (non-hydrogen) atoms. The smallest absolute Gasteiger partial charge is 0.472 e. The van der Waals surface area contributed by atoms with Crippen LogP contribution >= 0.6 is 7.82 Å². The Morgan fingerprint density at radius 3 is 1.40 bits per heavy atom. The SMILES string of the molecule is CCCCCCCCCC/C=C\CCCCCCCCCC(=O)O[C@H](COC(=O)CCCCCCCCCCC)COP(=O)(O)OC[C@H](N)C(=O)O. The van der Waals surface area contributed by atoms with Gasteiger partial charge in [-0.15, -0.1) is 0 Å². The number of ether oxygens (including phenoxy) is 2. The molecule has 0 aliphatic heterocycles. The normalized spacial score (nSPS) is 13.9. The van der Waals surface area contributed by atoms with E-state index >= 15 is 0 Å². The summed E-state index contributed by atoms with van der Waals surface area (Å²) in [5.41, 5.74) is 5.32. The number of carbonyl (C=O) groups excluding carboxylic acids is 2. The van der Waals surface area contributed by atoms with Crippen LogP contribution in [0.4, 0.5) is 0 Å². The molecule has 0 heterocycles. The number of allylic oxidation sites excluding steroid dienone is 2. The molecule has 0 rings (SSSR count). The van der Waals surface area contributed by atoms with Crippen LogP contribution in [0.1, 0.15) is 194 Å². The summed E-state index contributed by atoms with van der Waals surface area (Å²) in [6.07, 6.45) is 34.3. The number of carboxylic acid groups (broad SMARTS) is 1. The van der Waals surface area contributed by atoms with Gasteiger partial charge in [-0.05, 0) is 38.5 Å². The minimum atomic E-state index is -4.71. The predicted octanol–water partition coefficient (Wildman–Crippen LogP) is 10.5. The fourth-order valence-electron chi connectivity index (χ4n) is 5.71. The number of phosphoric acid groups is 1. The van der Waals surface area contributed by atoms with Gasteiger partial charge in [0.1, 0.15) is 12.6 Å². The number of hydrogen-bond donors (Lipinski definition) is 3. The summed E-state index contributed by atoms with van der Waals surface area (Å²) in [5.74, 6) is -2.38. The monoisotopic (exact) mass is 762 g/mol. The van der Waals surface area contributed by atoms with Crippen LogP contribution in [-0.4, -0.2) is 59.9 Å². The topological polar surface area (TPSA) is 172 Å². The van der Waals surface area contributed by atoms with Crippen molar-refractivity contribution in [2.24, 2.45) is 5.73 Å². The van der Waals surface area contributed by atoms with Gasteiger partial charge in [0.2, 0.25) is 0 Å². The molecule has 0 spiro atoms. The number of carboxylic acids is 1. The lowest BCUT2D eigenvalue weighted by Gasteiger charge is -2.20. The fourth-order valence-corrected chi connectivity index (χ4v) is 6.48. The number of phosphoric ester groups is 1. The van der Waals surface area contributed by atoms with Crippen LogP contribution in [0.15, 0.2) is 12.2 Å². The second-order valence-corrected chi connectivity index (χ2v) is 15.6. The van der Waals surface area contributed by atoms with E-state index in [0.29, 0.717) is 12.8 Å². The number of esters is 2. The van der Waals surface area contributed by atoms with Crippen molar-refractivity contribution in [3.05, 3.63) is 12.2 Å². The zero-order valence-electron chi connectivity index (χ0n) is 32.9. The first kappa shape index (κ1) is 50.2. The van der Waals surface area contributed by atoms with Crippen molar-refractivity contribution in [3.63, 3.8) is 0 Å². The third-order valence-corrected chi connectivity index (χ3v) is 9.96. The largest absolute Gasteiger partial charge is 0.480 e. The second kappa shape index (κ2) is 36.2. The van der Waals surface area contributed by atoms with Gasteiger partial charge < -0.3 is 25.2 Å². The van der Waals surface area contributed by atoms with E-state index in [1.54, 1.807) is 0 Å². The summed E-state index contributed by atoms with van der Waals surface area (Å²) in [6.45, 7) is 2.78. The minimum Gasteiger partial charge on any atom is -0.480 e. The lowest BCUT2D eigenvalue weighted by atomic mass is 10.1. The Morgan fingerprint density at radius 1 is 0.577 bits per heavy atom. The predicted molar refractivity (Wildman–Crippen MR) is 208 cm³/mol. The molecule has 0 fully saturated rings. The van der Waals surface area contributed by atoms with E-state index in [-0.39, 0.29) is 19.4 Å². The third-order valence-electron chi connectivity index (χ3n) is 9.01. The summed E-state index contributed by atoms with van der Waals surface area (Å²) in [4.78, 5) is 45.7. The van der Waals surface area contributed by atoms with Crippen molar-refractivity contribution in [3.8, 4) is 0 Å². The van der Waals surface area contributed by atoms with Gasteiger partial charge in [-0.1, -0.05) is 154 Å². The molecule has 0 aromatic rings. The van der Waals surface area contributed by atoms with Gasteiger partial charge in [0.15, 0.2) is 6.10 Å². The Bertz CT molecular complexity index is 947. The van der Waals surface area contributed by atoms with Crippen LogP contribution in [0.5, 0.6) is 0 Å². The molecule has 1 unspecified atom stereocenters. The van der Waals surface area contributed by atoms with Crippen molar-refractivity contribution in [1.82, 2.24) is 0 Å². The molecular formula is C40H76NO10P. The molecular weight excluding hydrogens is 685 g/mol. The maximum Gasteiger partial charge on any atom is 0.472 e. The van der Waals surface area contributed by atoms with E-state index in [1.165, 1.54) is 109 Å². The summed E-state index contributed by atoms with van der Waals surface area (Å²) < 4.78 is 32.6. The number of hydrogen-bond acceptors (Lipinski definition) is 9. The van der Waals surface area contributed by atoms with Gasteiger partial charge in [-0.3, -0.25) is 23.4 Å². The maximum absolute atomic E-state index is 12.6. The minimum absolute atomic E-state index is 0.160. The van der Waals surface area contributed by atoms with Crippen LogP contribution in [0.2, 0.25) is 0 Å². The number of nitrogens with two attached hydrogens (primary N) is 1. The molecule has 0 saturated heterocycles. The first-order valence-corrected chi connectivity index (χ1v) is 22.2. The van der Waals surface area contributed by atoms with Crippen LogP contribution in [0, 0.1) is 0 Å². The van der Waals surface area contributed by atoms with Gasteiger partial charge in [0.05, 0.1) is 13.2 Å². The molecule has 0 amide bonds. The summed E-state index contributed by atoms with van der Waals surface area (Å²) in [6, 6.07) is -1.52. The van der Waals surface area contributed by atoms with E-state index in [1.807, 2.05) is 0 Å². The average molecular weight is 762 g/mol. The maximum atomic E-state index is 12.6. The molecule has 4 N–H and O–H groups in total. The molecule has 0 aliphatic rings. The highest BCUT2D eigenvalue weighted by atomic mass is 31.2. The lowest BCUT2D eigenvalue weighted by Crippen LogP contribution is -2.34. The quantitative estimate of drug-likeness (QED) is 0.0235. The van der Waals surface area contributed by atoms with E-state index in [0.717, 1.165) is 44.9 Å². The highest BCUT2D eigenvalue weighted by Gasteiger charge is 2.28. The van der Waals surface area contributed by atoms with Crippen LogP contribution < -0.4 is 5.73 Å². The Balaban J connectivity index is 4.31. The van der Waals surface area contributed by atoms with E-state index in [9.17, 15) is 23.8 Å². The summed E-state index contributed by atoms with van der Waals surface area (Å²) in [7, 11) is -4.71.